The average molecular weight is 412 g/mol. The summed E-state index contributed by atoms with van der Waals surface area (Å²) in [5, 5.41) is 14.1. The molecule has 1 aromatic heterocycles. The Hall–Kier alpha value is -4.05. The van der Waals surface area contributed by atoms with E-state index < -0.39 is 5.82 Å². The van der Waals surface area contributed by atoms with Crippen LogP contribution in [0.3, 0.4) is 0 Å². The summed E-state index contributed by atoms with van der Waals surface area (Å²) in [5.74, 6) is -0.0791. The van der Waals surface area contributed by atoms with Crippen molar-refractivity contribution in [2.45, 2.75) is 13.0 Å². The van der Waals surface area contributed by atoms with Gasteiger partial charge in [-0.05, 0) is 46.8 Å². The van der Waals surface area contributed by atoms with E-state index in [0.717, 1.165) is 27.6 Å². The SMILES string of the molecule is C=CC1=C(N=C)CCN(c2ncnc(NCc3ccc4cc(C#N)ccc4c3)c2F)C1. The van der Waals surface area contributed by atoms with Crippen LogP contribution in [0.5, 0.6) is 0 Å². The number of hydrogen-bond acceptors (Lipinski definition) is 6. The molecule has 6 nitrogen and oxygen atoms in total. The number of aliphatic imine (C=N–C) groups is 1. The highest BCUT2D eigenvalue weighted by Crippen LogP contribution is 2.28. The zero-order valence-electron chi connectivity index (χ0n) is 17.0. The number of nitrogens with one attached hydrogen (secondary N) is 1. The van der Waals surface area contributed by atoms with E-state index in [1.54, 1.807) is 12.1 Å². The Balaban J connectivity index is 1.52. The molecule has 1 aliphatic rings. The van der Waals surface area contributed by atoms with Gasteiger partial charge in [0.2, 0.25) is 5.82 Å². The number of rotatable bonds is 6. The predicted octanol–water partition coefficient (Wildman–Crippen LogP) is 4.60. The second-order valence-corrected chi connectivity index (χ2v) is 7.23. The van der Waals surface area contributed by atoms with Crippen molar-refractivity contribution in [1.82, 2.24) is 9.97 Å². The normalized spacial score (nSPS) is 13.7. The molecule has 2 aromatic carbocycles. The van der Waals surface area contributed by atoms with E-state index in [0.29, 0.717) is 31.6 Å². The first-order valence-corrected chi connectivity index (χ1v) is 9.86. The third-order valence-corrected chi connectivity index (χ3v) is 5.35. The fourth-order valence-electron chi connectivity index (χ4n) is 3.69. The third kappa shape index (κ3) is 4.14. The smallest absolute Gasteiger partial charge is 0.207 e. The molecule has 1 aliphatic heterocycles. The van der Waals surface area contributed by atoms with E-state index in [4.69, 9.17) is 5.26 Å². The van der Waals surface area contributed by atoms with Crippen molar-refractivity contribution in [3.63, 3.8) is 0 Å². The minimum Gasteiger partial charge on any atom is -0.363 e. The first-order chi connectivity index (χ1) is 15.1. The molecule has 0 saturated heterocycles. The number of fused-ring (bicyclic) bond motifs is 1. The largest absolute Gasteiger partial charge is 0.363 e. The maximum atomic E-state index is 15.2. The first kappa shape index (κ1) is 20.2. The van der Waals surface area contributed by atoms with Crippen molar-refractivity contribution in [2.75, 3.05) is 23.3 Å². The molecule has 0 fully saturated rings. The van der Waals surface area contributed by atoms with Crippen molar-refractivity contribution in [3.05, 3.63) is 83.6 Å². The zero-order valence-corrected chi connectivity index (χ0v) is 17.0. The molecule has 0 aliphatic carbocycles. The van der Waals surface area contributed by atoms with Gasteiger partial charge in [-0.25, -0.2) is 9.97 Å². The maximum Gasteiger partial charge on any atom is 0.207 e. The van der Waals surface area contributed by atoms with Gasteiger partial charge in [0.25, 0.3) is 0 Å². The molecule has 0 bridgehead atoms. The number of halogens is 1. The molecular formula is C24H21FN6. The Labute approximate surface area is 180 Å². The maximum absolute atomic E-state index is 15.2. The fraction of sp³-hybridized carbons (Fsp3) is 0.167. The summed E-state index contributed by atoms with van der Waals surface area (Å²) >= 11 is 0. The Morgan fingerprint density at radius 2 is 2.03 bits per heavy atom. The summed E-state index contributed by atoms with van der Waals surface area (Å²) in [6.45, 7) is 8.89. The summed E-state index contributed by atoms with van der Waals surface area (Å²) in [4.78, 5) is 14.1. The average Bonchev–Trinajstić information content (AvgIpc) is 2.82. The lowest BCUT2D eigenvalue weighted by molar-refractivity contribution is 0.602. The second-order valence-electron chi connectivity index (χ2n) is 7.23. The lowest BCUT2D eigenvalue weighted by Gasteiger charge is -2.29. The molecule has 0 amide bonds. The van der Waals surface area contributed by atoms with Crippen LogP contribution >= 0.6 is 0 Å². The van der Waals surface area contributed by atoms with E-state index in [9.17, 15) is 0 Å². The van der Waals surface area contributed by atoms with E-state index >= 15 is 4.39 Å². The number of nitriles is 1. The van der Waals surface area contributed by atoms with E-state index in [2.05, 4.69) is 39.6 Å². The van der Waals surface area contributed by atoms with Crippen LogP contribution in [-0.4, -0.2) is 29.8 Å². The van der Waals surface area contributed by atoms with Crippen molar-refractivity contribution in [2.24, 2.45) is 4.99 Å². The number of aromatic nitrogens is 2. The molecule has 0 saturated carbocycles. The molecule has 0 unspecified atom stereocenters. The van der Waals surface area contributed by atoms with Crippen LogP contribution in [0.2, 0.25) is 0 Å². The van der Waals surface area contributed by atoms with Crippen LogP contribution in [0.4, 0.5) is 16.0 Å². The molecule has 3 aromatic rings. The molecular weight excluding hydrogens is 391 g/mol. The van der Waals surface area contributed by atoms with Gasteiger partial charge in [0.05, 0.1) is 11.6 Å². The van der Waals surface area contributed by atoms with Crippen molar-refractivity contribution in [3.8, 4) is 6.07 Å². The summed E-state index contributed by atoms with van der Waals surface area (Å²) < 4.78 is 15.2. The van der Waals surface area contributed by atoms with Gasteiger partial charge < -0.3 is 10.2 Å². The molecule has 31 heavy (non-hydrogen) atoms. The molecule has 154 valence electrons. The van der Waals surface area contributed by atoms with E-state index in [1.165, 1.54) is 6.33 Å². The van der Waals surface area contributed by atoms with Gasteiger partial charge in [0.15, 0.2) is 11.6 Å². The highest BCUT2D eigenvalue weighted by Gasteiger charge is 2.22. The van der Waals surface area contributed by atoms with E-state index in [-0.39, 0.29) is 11.6 Å². The summed E-state index contributed by atoms with van der Waals surface area (Å²) in [6, 6.07) is 13.6. The molecule has 1 N–H and O–H groups in total. The summed E-state index contributed by atoms with van der Waals surface area (Å²) in [5.41, 5.74) is 3.41. The van der Waals surface area contributed by atoms with Gasteiger partial charge in [-0.15, -0.1) is 0 Å². The van der Waals surface area contributed by atoms with Crippen LogP contribution in [-0.2, 0) is 6.54 Å². The minimum atomic E-state index is -0.486. The Morgan fingerprint density at radius 1 is 1.23 bits per heavy atom. The van der Waals surface area contributed by atoms with Crippen LogP contribution in [0.15, 0.2) is 71.6 Å². The molecule has 7 heteroatoms. The second kappa shape index (κ2) is 8.76. The Kier molecular flexibility index (Phi) is 5.72. The Bertz CT molecular complexity index is 1240. The van der Waals surface area contributed by atoms with Gasteiger partial charge in [-0.1, -0.05) is 30.9 Å². The Morgan fingerprint density at radius 3 is 2.81 bits per heavy atom. The highest BCUT2D eigenvalue weighted by molar-refractivity contribution is 5.84. The molecule has 0 spiro atoms. The van der Waals surface area contributed by atoms with Crippen LogP contribution in [0, 0.1) is 17.1 Å². The molecule has 2 heterocycles. The highest BCUT2D eigenvalue weighted by atomic mass is 19.1. The molecule has 4 rings (SSSR count). The number of hydrogen-bond donors (Lipinski definition) is 1. The third-order valence-electron chi connectivity index (χ3n) is 5.35. The predicted molar refractivity (Wildman–Crippen MR) is 122 cm³/mol. The monoisotopic (exact) mass is 412 g/mol. The molecule has 0 atom stereocenters. The van der Waals surface area contributed by atoms with Gasteiger partial charge in [0.1, 0.15) is 6.33 Å². The number of anilines is 2. The fourth-order valence-corrected chi connectivity index (χ4v) is 3.69. The van der Waals surface area contributed by atoms with Crippen LogP contribution in [0.25, 0.3) is 10.8 Å². The van der Waals surface area contributed by atoms with E-state index in [1.807, 2.05) is 35.2 Å². The van der Waals surface area contributed by atoms with Crippen molar-refractivity contribution >= 4 is 29.1 Å². The quantitative estimate of drug-likeness (QED) is 0.599. The molecule has 0 radical (unpaired) electrons. The summed E-state index contributed by atoms with van der Waals surface area (Å²) in [7, 11) is 0. The topological polar surface area (TPSA) is 77.2 Å². The van der Waals surface area contributed by atoms with Crippen molar-refractivity contribution in [1.29, 1.82) is 5.26 Å². The zero-order chi connectivity index (χ0) is 21.8. The summed E-state index contributed by atoms with van der Waals surface area (Å²) in [6.07, 6.45) is 3.75. The van der Waals surface area contributed by atoms with Gasteiger partial charge in [0, 0.05) is 31.8 Å². The number of nitrogens with zero attached hydrogens (tertiary/aromatic N) is 5. The lowest BCUT2D eigenvalue weighted by atomic mass is 10.0. The van der Waals surface area contributed by atoms with Gasteiger partial charge in [-0.2, -0.15) is 9.65 Å². The first-order valence-electron chi connectivity index (χ1n) is 9.86. The lowest BCUT2D eigenvalue weighted by Crippen LogP contribution is -2.32. The van der Waals surface area contributed by atoms with Crippen molar-refractivity contribution < 1.29 is 4.39 Å². The number of benzene rings is 2. The van der Waals surface area contributed by atoms with Crippen LogP contribution < -0.4 is 10.2 Å². The van der Waals surface area contributed by atoms with Crippen LogP contribution in [0.1, 0.15) is 17.5 Å². The minimum absolute atomic E-state index is 0.154. The van der Waals surface area contributed by atoms with Gasteiger partial charge in [-0.3, -0.25) is 4.99 Å². The van der Waals surface area contributed by atoms with Gasteiger partial charge >= 0.3 is 0 Å². The standard InChI is InChI=1S/C24H21FN6/c1-3-18-14-31(9-8-21(18)27-2)24-22(25)23(29-15-30-24)28-13-17-5-7-19-10-16(12-26)4-6-20(19)11-17/h3-7,10-11,15H,1-2,8-9,13-14H2,(H,28,29,30).